The Morgan fingerprint density at radius 2 is 1.85 bits per heavy atom. The lowest BCUT2D eigenvalue weighted by Gasteiger charge is -2.50. The highest BCUT2D eigenvalue weighted by molar-refractivity contribution is 7.99. The zero-order valence-corrected chi connectivity index (χ0v) is 15.6. The van der Waals surface area contributed by atoms with Crippen LogP contribution in [0.2, 0.25) is 0 Å². The van der Waals surface area contributed by atoms with Gasteiger partial charge in [-0.1, -0.05) is 30.0 Å². The van der Waals surface area contributed by atoms with E-state index >= 15 is 0 Å². The van der Waals surface area contributed by atoms with E-state index in [0.29, 0.717) is 5.56 Å². The zero-order chi connectivity index (χ0) is 17.8. The number of hydrogen-bond donors (Lipinski definition) is 2. The third kappa shape index (κ3) is 3.49. The van der Waals surface area contributed by atoms with E-state index in [9.17, 15) is 4.79 Å². The van der Waals surface area contributed by atoms with Crippen LogP contribution in [0.15, 0.2) is 58.6 Å². The number of nitrogens with zero attached hydrogens (tertiary/aromatic N) is 2. The first-order valence-electron chi connectivity index (χ1n) is 9.20. The van der Waals surface area contributed by atoms with E-state index in [1.54, 1.807) is 18.0 Å². The van der Waals surface area contributed by atoms with Gasteiger partial charge in [0.15, 0.2) is 0 Å². The molecule has 0 atom stereocenters. The van der Waals surface area contributed by atoms with Crippen molar-refractivity contribution in [2.75, 3.05) is 32.7 Å². The van der Waals surface area contributed by atoms with Crippen LogP contribution in [0.5, 0.6) is 0 Å². The lowest BCUT2D eigenvalue weighted by atomic mass is 9.84. The first kappa shape index (κ1) is 17.5. The van der Waals surface area contributed by atoms with Crippen molar-refractivity contribution >= 4 is 17.7 Å². The first-order valence-corrected chi connectivity index (χ1v) is 10.0. The molecule has 0 bridgehead atoms. The van der Waals surface area contributed by atoms with Gasteiger partial charge in [0.05, 0.1) is 11.1 Å². The van der Waals surface area contributed by atoms with Gasteiger partial charge in [0.25, 0.3) is 5.91 Å². The zero-order valence-electron chi connectivity index (χ0n) is 14.8. The number of nitrogens with one attached hydrogen (secondary N) is 2. The molecule has 1 aromatic heterocycles. The van der Waals surface area contributed by atoms with E-state index in [4.69, 9.17) is 0 Å². The average Bonchev–Trinajstić information content (AvgIpc) is 2.70. The summed E-state index contributed by atoms with van der Waals surface area (Å²) in [6.07, 6.45) is 3.75. The Hall–Kier alpha value is -1.89. The molecule has 2 aliphatic rings. The number of aromatic nitrogens is 1. The summed E-state index contributed by atoms with van der Waals surface area (Å²) < 4.78 is 0. The molecule has 1 aromatic carbocycles. The van der Waals surface area contributed by atoms with E-state index in [0.717, 1.165) is 55.5 Å². The van der Waals surface area contributed by atoms with Crippen LogP contribution in [0.3, 0.4) is 0 Å². The quantitative estimate of drug-likeness (QED) is 0.871. The number of piperazine rings is 1. The molecule has 2 N–H and O–H groups in total. The maximum absolute atomic E-state index is 13.5. The third-order valence-corrected chi connectivity index (χ3v) is 6.30. The van der Waals surface area contributed by atoms with Crippen molar-refractivity contribution in [1.29, 1.82) is 0 Å². The number of rotatable bonds is 3. The Kier molecular flexibility index (Phi) is 5.24. The monoisotopic (exact) mass is 368 g/mol. The Balaban J connectivity index is 1.63. The van der Waals surface area contributed by atoms with Gasteiger partial charge in [0.1, 0.15) is 5.03 Å². The molecule has 26 heavy (non-hydrogen) atoms. The molecule has 0 saturated carbocycles. The predicted molar refractivity (Wildman–Crippen MR) is 104 cm³/mol. The van der Waals surface area contributed by atoms with E-state index in [1.165, 1.54) is 0 Å². The smallest absolute Gasteiger partial charge is 0.257 e. The summed E-state index contributed by atoms with van der Waals surface area (Å²) in [5.74, 6) is 0.111. The molecular formula is C20H24N4OS. The van der Waals surface area contributed by atoms with Gasteiger partial charge < -0.3 is 15.5 Å². The molecule has 0 unspecified atom stereocenters. The summed E-state index contributed by atoms with van der Waals surface area (Å²) >= 11 is 1.56. The third-order valence-electron chi connectivity index (χ3n) is 5.28. The van der Waals surface area contributed by atoms with Crippen molar-refractivity contribution in [1.82, 2.24) is 20.5 Å². The summed E-state index contributed by atoms with van der Waals surface area (Å²) in [5, 5.41) is 7.69. The van der Waals surface area contributed by atoms with Crippen LogP contribution in [0, 0.1) is 0 Å². The second-order valence-electron chi connectivity index (χ2n) is 6.88. The molecule has 1 amide bonds. The molecule has 2 saturated heterocycles. The molecule has 2 aliphatic heterocycles. The summed E-state index contributed by atoms with van der Waals surface area (Å²) in [6, 6.07) is 13.9. The Bertz CT molecular complexity index is 753. The van der Waals surface area contributed by atoms with E-state index in [2.05, 4.69) is 20.5 Å². The number of carbonyl (C=O) groups is 1. The van der Waals surface area contributed by atoms with Crippen LogP contribution < -0.4 is 10.6 Å². The van der Waals surface area contributed by atoms with E-state index in [-0.39, 0.29) is 11.4 Å². The van der Waals surface area contributed by atoms with Crippen molar-refractivity contribution in [2.45, 2.75) is 28.3 Å². The molecule has 5 nitrogen and oxygen atoms in total. The molecular weight excluding hydrogens is 344 g/mol. The van der Waals surface area contributed by atoms with Gasteiger partial charge in [-0.25, -0.2) is 4.98 Å². The van der Waals surface area contributed by atoms with Crippen molar-refractivity contribution in [2.24, 2.45) is 0 Å². The molecule has 3 heterocycles. The lowest BCUT2D eigenvalue weighted by molar-refractivity contribution is 0.0248. The van der Waals surface area contributed by atoms with Gasteiger partial charge in [-0.15, -0.1) is 0 Å². The summed E-state index contributed by atoms with van der Waals surface area (Å²) in [7, 11) is 0. The number of hydrogen-bond acceptors (Lipinski definition) is 5. The number of piperidine rings is 1. The molecule has 1 spiro atoms. The highest BCUT2D eigenvalue weighted by atomic mass is 32.2. The standard InChI is InChI=1S/C20H24N4OS/c25-19(24-14-13-22-15-20(24)8-11-21-12-9-20)17-7-4-10-23-18(17)26-16-5-2-1-3-6-16/h1-7,10,21-22H,8-9,11-15H2. The minimum atomic E-state index is -0.0783. The summed E-state index contributed by atoms with van der Waals surface area (Å²) in [6.45, 7) is 4.40. The molecule has 2 aromatic rings. The van der Waals surface area contributed by atoms with E-state index in [1.807, 2.05) is 42.5 Å². The van der Waals surface area contributed by atoms with Crippen LogP contribution in [0.1, 0.15) is 23.2 Å². The number of pyridine rings is 1. The van der Waals surface area contributed by atoms with E-state index < -0.39 is 0 Å². The van der Waals surface area contributed by atoms with Crippen molar-refractivity contribution in [3.8, 4) is 0 Å². The number of carbonyl (C=O) groups excluding carboxylic acids is 1. The SMILES string of the molecule is O=C(c1cccnc1Sc1ccccc1)N1CCNCC12CCNCC2. The van der Waals surface area contributed by atoms with Crippen LogP contribution in [-0.2, 0) is 0 Å². The lowest BCUT2D eigenvalue weighted by Crippen LogP contribution is -2.66. The van der Waals surface area contributed by atoms with Gasteiger partial charge in [-0.05, 0) is 50.2 Å². The summed E-state index contributed by atoms with van der Waals surface area (Å²) in [5.41, 5.74) is 0.631. The highest BCUT2D eigenvalue weighted by Crippen LogP contribution is 2.33. The van der Waals surface area contributed by atoms with Gasteiger partial charge in [0.2, 0.25) is 0 Å². The van der Waals surface area contributed by atoms with Crippen LogP contribution in [0.4, 0.5) is 0 Å². The molecule has 0 radical (unpaired) electrons. The van der Waals surface area contributed by atoms with Crippen molar-refractivity contribution < 1.29 is 4.79 Å². The minimum Gasteiger partial charge on any atom is -0.330 e. The average molecular weight is 369 g/mol. The van der Waals surface area contributed by atoms with Gasteiger partial charge in [-0.2, -0.15) is 0 Å². The predicted octanol–water partition coefficient (Wildman–Crippen LogP) is 2.40. The largest absolute Gasteiger partial charge is 0.330 e. The topological polar surface area (TPSA) is 57.3 Å². The summed E-state index contributed by atoms with van der Waals surface area (Å²) in [4.78, 5) is 21.2. The van der Waals surface area contributed by atoms with Crippen LogP contribution >= 0.6 is 11.8 Å². The Labute approximate surface area is 158 Å². The Morgan fingerprint density at radius 1 is 1.04 bits per heavy atom. The van der Waals surface area contributed by atoms with Gasteiger partial charge >= 0.3 is 0 Å². The highest BCUT2D eigenvalue weighted by Gasteiger charge is 2.43. The van der Waals surface area contributed by atoms with Crippen LogP contribution in [-0.4, -0.2) is 54.1 Å². The van der Waals surface area contributed by atoms with Crippen molar-refractivity contribution in [3.05, 3.63) is 54.2 Å². The van der Waals surface area contributed by atoms with Crippen molar-refractivity contribution in [3.63, 3.8) is 0 Å². The molecule has 4 rings (SSSR count). The molecule has 6 heteroatoms. The van der Waals surface area contributed by atoms with Crippen LogP contribution in [0.25, 0.3) is 0 Å². The second kappa shape index (κ2) is 7.78. The minimum absolute atomic E-state index is 0.0783. The maximum atomic E-state index is 13.5. The fourth-order valence-electron chi connectivity index (χ4n) is 3.88. The molecule has 136 valence electrons. The van der Waals surface area contributed by atoms with Gasteiger partial charge in [-0.3, -0.25) is 4.79 Å². The number of amides is 1. The molecule has 2 fully saturated rings. The maximum Gasteiger partial charge on any atom is 0.257 e. The number of benzene rings is 1. The normalized spacial score (nSPS) is 19.5. The van der Waals surface area contributed by atoms with Gasteiger partial charge in [0, 0.05) is 30.7 Å². The fourth-order valence-corrected chi connectivity index (χ4v) is 4.78. The fraction of sp³-hybridized carbons (Fsp3) is 0.400. The Morgan fingerprint density at radius 3 is 2.65 bits per heavy atom. The second-order valence-corrected chi connectivity index (χ2v) is 7.94. The first-order chi connectivity index (χ1) is 12.8. The molecule has 0 aliphatic carbocycles.